The molecular weight excluding hydrogens is 344 g/mol. The summed E-state index contributed by atoms with van der Waals surface area (Å²) in [5.74, 6) is -0.0414. The van der Waals surface area contributed by atoms with Crippen LogP contribution in [0.4, 0.5) is 16.2 Å². The highest BCUT2D eigenvalue weighted by molar-refractivity contribution is 5.90. The fraction of sp³-hybridized carbons (Fsp3) is 0.600. The van der Waals surface area contributed by atoms with E-state index < -0.39 is 0 Å². The van der Waals surface area contributed by atoms with Crippen molar-refractivity contribution < 1.29 is 14.3 Å². The Hall–Kier alpha value is -2.28. The van der Waals surface area contributed by atoms with Crippen molar-refractivity contribution in [2.75, 3.05) is 44.6 Å². The van der Waals surface area contributed by atoms with Gasteiger partial charge in [-0.15, -0.1) is 0 Å². The quantitative estimate of drug-likeness (QED) is 0.729. The van der Waals surface area contributed by atoms with Gasteiger partial charge in [0.25, 0.3) is 0 Å². The Balaban J connectivity index is 3.14. The van der Waals surface area contributed by atoms with Crippen LogP contribution in [0.25, 0.3) is 0 Å². The average molecular weight is 379 g/mol. The van der Waals surface area contributed by atoms with E-state index in [1.165, 1.54) is 0 Å². The van der Waals surface area contributed by atoms with Gasteiger partial charge < -0.3 is 25.2 Å². The fourth-order valence-electron chi connectivity index (χ4n) is 2.53. The number of amides is 3. The van der Waals surface area contributed by atoms with Crippen molar-refractivity contribution in [3.63, 3.8) is 0 Å². The van der Waals surface area contributed by atoms with E-state index >= 15 is 0 Å². The molecule has 1 aromatic carbocycles. The topological polar surface area (TPSA) is 73.9 Å². The molecule has 0 aromatic heterocycles. The largest absolute Gasteiger partial charge is 0.383 e. The lowest BCUT2D eigenvalue weighted by atomic mass is 10.1. The SMILES string of the molecule is CCC(=O)Nc1ccc(N(C)C)c(CN(CCOC)C(=O)NC(C)(C)C)c1. The van der Waals surface area contributed by atoms with Crippen LogP contribution in [0.1, 0.15) is 39.7 Å². The van der Waals surface area contributed by atoms with Gasteiger partial charge >= 0.3 is 6.03 Å². The van der Waals surface area contributed by atoms with E-state index in [1.54, 1.807) is 12.0 Å². The standard InChI is InChI=1S/C20H34N4O3/c1-8-18(25)21-16-9-10-17(23(5)6)15(13-16)14-24(11-12-27-7)19(26)22-20(2,3)4/h9-10,13H,8,11-12,14H2,1-7H3,(H,21,25)(H,22,26). The summed E-state index contributed by atoms with van der Waals surface area (Å²) in [6.07, 6.45) is 0.415. The van der Waals surface area contributed by atoms with Gasteiger partial charge in [0.05, 0.1) is 6.61 Å². The first-order valence-electron chi connectivity index (χ1n) is 9.23. The molecule has 3 amide bonds. The molecule has 7 heteroatoms. The lowest BCUT2D eigenvalue weighted by Crippen LogP contribution is -2.49. The van der Waals surface area contributed by atoms with Gasteiger partial charge in [-0.2, -0.15) is 0 Å². The lowest BCUT2D eigenvalue weighted by molar-refractivity contribution is -0.115. The molecule has 0 fully saturated rings. The minimum absolute atomic E-state index is 0.0414. The number of methoxy groups -OCH3 is 1. The van der Waals surface area contributed by atoms with E-state index in [0.29, 0.717) is 26.1 Å². The predicted octanol–water partition coefficient (Wildman–Crippen LogP) is 3.06. The third-order valence-corrected chi connectivity index (χ3v) is 3.86. The highest BCUT2D eigenvalue weighted by atomic mass is 16.5. The van der Waals surface area contributed by atoms with Crippen molar-refractivity contribution in [3.8, 4) is 0 Å². The average Bonchev–Trinajstić information content (AvgIpc) is 2.56. The molecule has 0 aliphatic carbocycles. The van der Waals surface area contributed by atoms with Crippen molar-refractivity contribution in [2.24, 2.45) is 0 Å². The van der Waals surface area contributed by atoms with Crippen molar-refractivity contribution in [1.29, 1.82) is 0 Å². The van der Waals surface area contributed by atoms with E-state index in [4.69, 9.17) is 4.74 Å². The highest BCUT2D eigenvalue weighted by Crippen LogP contribution is 2.25. The molecule has 0 saturated heterocycles. The van der Waals surface area contributed by atoms with E-state index in [9.17, 15) is 9.59 Å². The number of urea groups is 1. The minimum atomic E-state index is -0.330. The monoisotopic (exact) mass is 378 g/mol. The number of benzene rings is 1. The summed E-state index contributed by atoms with van der Waals surface area (Å²) >= 11 is 0. The van der Waals surface area contributed by atoms with Gasteiger partial charge in [-0.05, 0) is 44.5 Å². The Morgan fingerprint density at radius 1 is 1.19 bits per heavy atom. The van der Waals surface area contributed by atoms with Crippen molar-refractivity contribution in [3.05, 3.63) is 23.8 Å². The van der Waals surface area contributed by atoms with E-state index in [1.807, 2.05) is 64.9 Å². The Labute approximate surface area is 163 Å². The molecular formula is C20H34N4O3. The summed E-state index contributed by atoms with van der Waals surface area (Å²) in [4.78, 5) is 28.2. The zero-order valence-corrected chi connectivity index (χ0v) is 17.7. The van der Waals surface area contributed by atoms with Crippen LogP contribution in [0.2, 0.25) is 0 Å². The number of hydrogen-bond donors (Lipinski definition) is 2. The van der Waals surface area contributed by atoms with Crippen LogP contribution >= 0.6 is 0 Å². The molecule has 0 aliphatic rings. The van der Waals surface area contributed by atoms with Crippen LogP contribution in [0.5, 0.6) is 0 Å². The zero-order chi connectivity index (χ0) is 20.6. The van der Waals surface area contributed by atoms with Gasteiger partial charge in [0.15, 0.2) is 0 Å². The van der Waals surface area contributed by atoms with Crippen LogP contribution in [0, 0.1) is 0 Å². The van der Waals surface area contributed by atoms with Crippen LogP contribution in [-0.2, 0) is 16.1 Å². The smallest absolute Gasteiger partial charge is 0.318 e. The molecule has 27 heavy (non-hydrogen) atoms. The predicted molar refractivity (Wildman–Crippen MR) is 110 cm³/mol. The maximum atomic E-state index is 12.7. The molecule has 2 N–H and O–H groups in total. The van der Waals surface area contributed by atoms with Gasteiger partial charge in [-0.25, -0.2) is 4.79 Å². The maximum absolute atomic E-state index is 12.7. The summed E-state index contributed by atoms with van der Waals surface area (Å²) in [6, 6.07) is 5.61. The van der Waals surface area contributed by atoms with Gasteiger partial charge in [-0.1, -0.05) is 6.92 Å². The number of carbonyl (C=O) groups is 2. The molecule has 0 saturated carbocycles. The first-order chi connectivity index (χ1) is 12.6. The van der Waals surface area contributed by atoms with Gasteiger partial charge in [0.1, 0.15) is 0 Å². The second-order valence-corrected chi connectivity index (χ2v) is 7.73. The molecule has 152 valence electrons. The van der Waals surface area contributed by atoms with Crippen molar-refractivity contribution in [2.45, 2.75) is 46.2 Å². The number of hydrogen-bond acceptors (Lipinski definition) is 4. The Morgan fingerprint density at radius 2 is 1.85 bits per heavy atom. The van der Waals surface area contributed by atoms with Crippen LogP contribution < -0.4 is 15.5 Å². The minimum Gasteiger partial charge on any atom is -0.383 e. The number of anilines is 2. The Morgan fingerprint density at radius 3 is 2.37 bits per heavy atom. The summed E-state index contributed by atoms with van der Waals surface area (Å²) in [5.41, 5.74) is 2.35. The normalized spacial score (nSPS) is 11.1. The first-order valence-corrected chi connectivity index (χ1v) is 9.23. The van der Waals surface area contributed by atoms with Crippen molar-refractivity contribution >= 4 is 23.3 Å². The van der Waals surface area contributed by atoms with E-state index in [2.05, 4.69) is 10.6 Å². The second kappa shape index (κ2) is 10.2. The summed E-state index contributed by atoms with van der Waals surface area (Å²) in [5, 5.41) is 5.88. The molecule has 1 rings (SSSR count). The fourth-order valence-corrected chi connectivity index (χ4v) is 2.53. The Kier molecular flexibility index (Phi) is 8.56. The number of rotatable bonds is 8. The molecule has 0 spiro atoms. The van der Waals surface area contributed by atoms with Crippen LogP contribution in [0.3, 0.4) is 0 Å². The summed E-state index contributed by atoms with van der Waals surface area (Å²) < 4.78 is 5.17. The number of carbonyl (C=O) groups excluding carboxylic acids is 2. The lowest BCUT2D eigenvalue weighted by Gasteiger charge is -2.30. The van der Waals surface area contributed by atoms with Crippen LogP contribution in [-0.4, -0.2) is 56.7 Å². The maximum Gasteiger partial charge on any atom is 0.318 e. The first kappa shape index (κ1) is 22.8. The van der Waals surface area contributed by atoms with E-state index in [-0.39, 0.29) is 17.5 Å². The highest BCUT2D eigenvalue weighted by Gasteiger charge is 2.21. The molecule has 0 radical (unpaired) electrons. The number of nitrogens with zero attached hydrogens (tertiary/aromatic N) is 2. The summed E-state index contributed by atoms with van der Waals surface area (Å²) in [7, 11) is 5.53. The molecule has 0 aliphatic heterocycles. The van der Waals surface area contributed by atoms with Crippen LogP contribution in [0.15, 0.2) is 18.2 Å². The molecule has 0 atom stereocenters. The summed E-state index contributed by atoms with van der Waals surface area (Å²) in [6.45, 7) is 8.99. The molecule has 0 heterocycles. The number of nitrogens with one attached hydrogen (secondary N) is 2. The number of ether oxygens (including phenoxy) is 1. The second-order valence-electron chi connectivity index (χ2n) is 7.73. The zero-order valence-electron chi connectivity index (χ0n) is 17.7. The molecule has 0 unspecified atom stereocenters. The molecule has 1 aromatic rings. The van der Waals surface area contributed by atoms with E-state index in [0.717, 1.165) is 16.9 Å². The third kappa shape index (κ3) is 7.86. The third-order valence-electron chi connectivity index (χ3n) is 3.86. The molecule has 7 nitrogen and oxygen atoms in total. The Bertz CT molecular complexity index is 639. The van der Waals surface area contributed by atoms with Gasteiger partial charge in [0.2, 0.25) is 5.91 Å². The molecule has 0 bridgehead atoms. The van der Waals surface area contributed by atoms with Gasteiger partial charge in [0, 0.05) is 57.6 Å². The van der Waals surface area contributed by atoms with Gasteiger partial charge in [-0.3, -0.25) is 4.79 Å². The van der Waals surface area contributed by atoms with Crippen molar-refractivity contribution in [1.82, 2.24) is 10.2 Å².